The number of ether oxygens (including phenoxy) is 1. The van der Waals surface area contributed by atoms with Gasteiger partial charge in [-0.3, -0.25) is 4.79 Å². The molecule has 3 aromatic rings. The third kappa shape index (κ3) is 6.85. The van der Waals surface area contributed by atoms with Crippen molar-refractivity contribution < 1.29 is 62.2 Å². The number of aliphatic carboxylic acids is 1. The Morgan fingerprint density at radius 3 is 2.00 bits per heavy atom. The van der Waals surface area contributed by atoms with Gasteiger partial charge in [-0.05, 0) is 47.9 Å². The first-order valence-electron chi connectivity index (χ1n) is 9.17. The molecule has 0 radical (unpaired) electrons. The second-order valence-electron chi connectivity index (χ2n) is 6.79. The summed E-state index contributed by atoms with van der Waals surface area (Å²) in [5.41, 5.74) is 3.35. The van der Waals surface area contributed by atoms with E-state index in [-0.39, 0.29) is 41.9 Å². The van der Waals surface area contributed by atoms with Crippen LogP contribution in [0.2, 0.25) is 0 Å². The van der Waals surface area contributed by atoms with Crippen molar-refractivity contribution in [1.29, 1.82) is 0 Å². The Morgan fingerprint density at radius 2 is 1.50 bits per heavy atom. The zero-order chi connectivity index (χ0) is 22.6. The van der Waals surface area contributed by atoms with Crippen molar-refractivity contribution in [3.63, 3.8) is 0 Å². The summed E-state index contributed by atoms with van der Waals surface area (Å²) in [4.78, 5) is 24.5. The summed E-state index contributed by atoms with van der Waals surface area (Å²) in [7, 11) is 0. The second kappa shape index (κ2) is 10.7. The number of carbonyl (C=O) groups excluding carboxylic acids is 2. The number of anilines is 1. The molecule has 32 heavy (non-hydrogen) atoms. The summed E-state index contributed by atoms with van der Waals surface area (Å²) >= 11 is 0. The number of benzene rings is 3. The monoisotopic (exact) mass is 451 g/mol. The van der Waals surface area contributed by atoms with E-state index in [1.165, 1.54) is 24.3 Å². The maximum Gasteiger partial charge on any atom is 1.00 e. The van der Waals surface area contributed by atoms with Gasteiger partial charge in [-0.25, -0.2) is 0 Å². The van der Waals surface area contributed by atoms with Gasteiger partial charge in [0.2, 0.25) is 0 Å². The molecule has 0 aliphatic rings. The number of nitrogens with zero attached hydrogens (tertiary/aromatic N) is 1. The molecule has 0 atom stereocenters. The minimum atomic E-state index is -4.77. The molecular formula is C23H17F3NNaO4. The van der Waals surface area contributed by atoms with Gasteiger partial charge in [-0.1, -0.05) is 54.1 Å². The molecular weight excluding hydrogens is 434 g/mol. The number of carboxylic acids is 1. The zero-order valence-corrected chi connectivity index (χ0v) is 19.3. The predicted octanol–water partition coefficient (Wildman–Crippen LogP) is 0.848. The molecule has 1 amide bonds. The van der Waals surface area contributed by atoms with E-state index in [2.05, 4.69) is 4.74 Å². The Hall–Kier alpha value is -2.81. The quantitative estimate of drug-likeness (QED) is 0.426. The van der Waals surface area contributed by atoms with E-state index in [0.717, 1.165) is 16.0 Å². The van der Waals surface area contributed by atoms with Gasteiger partial charge in [0.15, 0.2) is 0 Å². The molecule has 160 valence electrons. The minimum absolute atomic E-state index is 0. The van der Waals surface area contributed by atoms with E-state index in [0.29, 0.717) is 16.8 Å². The predicted molar refractivity (Wildman–Crippen MR) is 106 cm³/mol. The first-order chi connectivity index (χ1) is 14.6. The molecule has 3 aromatic carbocycles. The van der Waals surface area contributed by atoms with Crippen LogP contribution in [0, 0.1) is 6.92 Å². The van der Waals surface area contributed by atoms with Crippen molar-refractivity contribution in [3.05, 3.63) is 83.9 Å². The maximum atomic E-state index is 12.3. The van der Waals surface area contributed by atoms with E-state index in [9.17, 15) is 27.9 Å². The van der Waals surface area contributed by atoms with Gasteiger partial charge in [-0.15, -0.1) is 13.2 Å². The van der Waals surface area contributed by atoms with Crippen molar-refractivity contribution >= 4 is 17.6 Å². The number of amides is 1. The van der Waals surface area contributed by atoms with Gasteiger partial charge in [0.1, 0.15) is 11.7 Å². The molecule has 0 saturated heterocycles. The van der Waals surface area contributed by atoms with Gasteiger partial charge in [0.05, 0.1) is 6.54 Å². The Kier molecular flexibility index (Phi) is 8.49. The molecule has 0 heterocycles. The SMILES string of the molecule is Cc1cccc(CN(C(=O)C(=O)[O-])c2ccc(-c3ccc(OC(F)(F)F)cc3)cc2)c1.[Na+]. The van der Waals surface area contributed by atoms with Crippen LogP contribution in [0.15, 0.2) is 72.8 Å². The summed E-state index contributed by atoms with van der Waals surface area (Å²) in [5, 5.41) is 11.2. The van der Waals surface area contributed by atoms with Crippen LogP contribution < -0.4 is 44.3 Å². The molecule has 0 saturated carbocycles. The van der Waals surface area contributed by atoms with Crippen LogP contribution in [0.25, 0.3) is 11.1 Å². The molecule has 0 spiro atoms. The van der Waals surface area contributed by atoms with Crippen molar-refractivity contribution in [3.8, 4) is 16.9 Å². The van der Waals surface area contributed by atoms with Gasteiger partial charge in [0, 0.05) is 5.69 Å². The molecule has 0 unspecified atom stereocenters. The molecule has 0 fully saturated rings. The smallest absolute Gasteiger partial charge is 0.540 e. The first kappa shape index (κ1) is 25.5. The summed E-state index contributed by atoms with van der Waals surface area (Å²) in [5.74, 6) is -3.34. The third-order valence-electron chi connectivity index (χ3n) is 4.44. The van der Waals surface area contributed by atoms with E-state index >= 15 is 0 Å². The number of alkyl halides is 3. The number of carbonyl (C=O) groups is 2. The molecule has 0 aliphatic heterocycles. The van der Waals surface area contributed by atoms with Gasteiger partial charge >= 0.3 is 35.9 Å². The van der Waals surface area contributed by atoms with Crippen molar-refractivity contribution in [2.75, 3.05) is 4.90 Å². The Balaban J connectivity index is 0.00000363. The van der Waals surface area contributed by atoms with Crippen LogP contribution in [-0.2, 0) is 16.1 Å². The van der Waals surface area contributed by atoms with Crippen LogP contribution in [0.4, 0.5) is 18.9 Å². The fourth-order valence-corrected chi connectivity index (χ4v) is 3.07. The van der Waals surface area contributed by atoms with Gasteiger partial charge < -0.3 is 19.5 Å². The number of aryl methyl sites for hydroxylation is 1. The normalized spacial score (nSPS) is 10.8. The summed E-state index contributed by atoms with van der Waals surface area (Å²) in [6.07, 6.45) is -4.77. The maximum absolute atomic E-state index is 12.3. The van der Waals surface area contributed by atoms with Crippen molar-refractivity contribution in [1.82, 2.24) is 0 Å². The Bertz CT molecular complexity index is 1080. The molecule has 0 bridgehead atoms. The Morgan fingerprint density at radius 1 is 0.938 bits per heavy atom. The topological polar surface area (TPSA) is 69.7 Å². The molecule has 9 heteroatoms. The first-order valence-corrected chi connectivity index (χ1v) is 9.17. The van der Waals surface area contributed by atoms with Gasteiger partial charge in [0.25, 0.3) is 5.91 Å². The number of rotatable bonds is 5. The van der Waals surface area contributed by atoms with Crippen LogP contribution in [-0.4, -0.2) is 18.2 Å². The Labute approximate surface area is 204 Å². The number of hydrogen-bond donors (Lipinski definition) is 0. The standard InChI is InChI=1S/C23H18F3NO4.Na/c1-15-3-2-4-16(13-15)14-27(21(28)22(29)30)19-9-5-17(6-10-19)18-7-11-20(12-8-18)31-23(24,25)26;/h2-13H,14H2,1H3,(H,29,30);/q;+1/p-1. The molecule has 3 rings (SSSR count). The number of hydrogen-bond acceptors (Lipinski definition) is 4. The molecule has 0 aromatic heterocycles. The average molecular weight is 451 g/mol. The van der Waals surface area contributed by atoms with Gasteiger partial charge in [-0.2, -0.15) is 0 Å². The number of halogens is 3. The molecule has 0 aliphatic carbocycles. The van der Waals surface area contributed by atoms with E-state index in [1.807, 2.05) is 25.1 Å². The van der Waals surface area contributed by atoms with E-state index in [4.69, 9.17) is 0 Å². The van der Waals surface area contributed by atoms with Crippen LogP contribution in [0.5, 0.6) is 5.75 Å². The molecule has 5 nitrogen and oxygen atoms in total. The van der Waals surface area contributed by atoms with E-state index in [1.54, 1.807) is 30.3 Å². The minimum Gasteiger partial charge on any atom is -0.540 e. The fourth-order valence-electron chi connectivity index (χ4n) is 3.07. The molecule has 0 N–H and O–H groups in total. The van der Waals surface area contributed by atoms with E-state index < -0.39 is 18.2 Å². The number of carboxylic acid groups (broad SMARTS) is 1. The van der Waals surface area contributed by atoms with Crippen LogP contribution >= 0.6 is 0 Å². The van der Waals surface area contributed by atoms with Crippen LogP contribution in [0.3, 0.4) is 0 Å². The second-order valence-corrected chi connectivity index (χ2v) is 6.79. The zero-order valence-electron chi connectivity index (χ0n) is 17.3. The largest absolute Gasteiger partial charge is 1.00 e. The third-order valence-corrected chi connectivity index (χ3v) is 4.44. The van der Waals surface area contributed by atoms with Crippen molar-refractivity contribution in [2.45, 2.75) is 19.8 Å². The average Bonchev–Trinajstić information content (AvgIpc) is 2.71. The summed E-state index contributed by atoms with van der Waals surface area (Å²) in [6, 6.07) is 19.0. The van der Waals surface area contributed by atoms with Crippen molar-refractivity contribution in [2.24, 2.45) is 0 Å². The summed E-state index contributed by atoms with van der Waals surface area (Å²) in [6.45, 7) is 1.92. The summed E-state index contributed by atoms with van der Waals surface area (Å²) < 4.78 is 40.7. The van der Waals surface area contributed by atoms with Crippen LogP contribution in [0.1, 0.15) is 11.1 Å². The fraction of sp³-hybridized carbons (Fsp3) is 0.130.